The van der Waals surface area contributed by atoms with Crippen molar-refractivity contribution in [2.24, 2.45) is 5.92 Å². The molecule has 0 fully saturated rings. The summed E-state index contributed by atoms with van der Waals surface area (Å²) in [4.78, 5) is 20.6. The van der Waals surface area contributed by atoms with Crippen LogP contribution in [-0.2, 0) is 9.59 Å². The van der Waals surface area contributed by atoms with Crippen molar-refractivity contribution in [2.45, 2.75) is 18.9 Å². The number of hydrogen-bond acceptors (Lipinski definition) is 2. The van der Waals surface area contributed by atoms with Crippen molar-refractivity contribution in [2.75, 3.05) is 0 Å². The van der Waals surface area contributed by atoms with Gasteiger partial charge in [-0.3, -0.25) is 9.59 Å². The van der Waals surface area contributed by atoms with E-state index in [0.29, 0.717) is 6.42 Å². The molecule has 0 bridgehead atoms. The lowest BCUT2D eigenvalue weighted by Gasteiger charge is -2.04. The van der Waals surface area contributed by atoms with E-state index in [0.717, 1.165) is 16.3 Å². The van der Waals surface area contributed by atoms with Crippen molar-refractivity contribution in [1.82, 2.24) is 0 Å². The summed E-state index contributed by atoms with van der Waals surface area (Å²) in [5.74, 6) is -3.66. The van der Waals surface area contributed by atoms with Crippen LogP contribution in [0.25, 0.3) is 0 Å². The third-order valence-electron chi connectivity index (χ3n) is 1.44. The predicted molar refractivity (Wildman–Crippen MR) is 42.7 cm³/mol. The van der Waals surface area contributed by atoms with Crippen LogP contribution in [-0.4, -0.2) is 32.4 Å². The molecule has 0 spiro atoms. The molecule has 0 amide bonds. The molecular formula is C6H12O4Si. The van der Waals surface area contributed by atoms with Crippen LogP contribution in [0.15, 0.2) is 0 Å². The SMILES string of the molecule is O=C(O)C(CCC[SiH3])C(=O)O. The van der Waals surface area contributed by atoms with Crippen LogP contribution >= 0.6 is 0 Å². The Morgan fingerprint density at radius 3 is 2.00 bits per heavy atom. The minimum atomic E-state index is -1.23. The molecule has 0 aliphatic heterocycles. The van der Waals surface area contributed by atoms with Gasteiger partial charge in [-0.15, -0.1) is 0 Å². The number of carboxylic acid groups (broad SMARTS) is 2. The van der Waals surface area contributed by atoms with E-state index >= 15 is 0 Å². The van der Waals surface area contributed by atoms with Crippen LogP contribution in [0, 0.1) is 5.92 Å². The van der Waals surface area contributed by atoms with Crippen molar-refractivity contribution >= 4 is 22.2 Å². The molecule has 0 saturated heterocycles. The maximum Gasteiger partial charge on any atom is 0.317 e. The topological polar surface area (TPSA) is 74.6 Å². The Morgan fingerprint density at radius 1 is 1.27 bits per heavy atom. The lowest BCUT2D eigenvalue weighted by Crippen LogP contribution is -2.23. The summed E-state index contributed by atoms with van der Waals surface area (Å²) in [6.45, 7) is 0. The van der Waals surface area contributed by atoms with Crippen molar-refractivity contribution in [3.63, 3.8) is 0 Å². The van der Waals surface area contributed by atoms with E-state index in [-0.39, 0.29) is 6.42 Å². The second-order valence-corrected chi connectivity index (χ2v) is 3.37. The molecule has 4 nitrogen and oxygen atoms in total. The highest BCUT2D eigenvalue weighted by Gasteiger charge is 2.24. The van der Waals surface area contributed by atoms with Gasteiger partial charge in [-0.2, -0.15) is 0 Å². The van der Waals surface area contributed by atoms with Gasteiger partial charge in [-0.1, -0.05) is 12.5 Å². The molecule has 0 heterocycles. The first-order chi connectivity index (χ1) is 5.09. The van der Waals surface area contributed by atoms with Gasteiger partial charge < -0.3 is 10.2 Å². The quantitative estimate of drug-likeness (QED) is 0.430. The van der Waals surface area contributed by atoms with E-state index < -0.39 is 17.9 Å². The Morgan fingerprint density at radius 2 is 1.73 bits per heavy atom. The fourth-order valence-corrected chi connectivity index (χ4v) is 1.17. The van der Waals surface area contributed by atoms with Crippen LogP contribution < -0.4 is 0 Å². The zero-order valence-electron chi connectivity index (χ0n) is 6.41. The highest BCUT2D eigenvalue weighted by atomic mass is 28.1. The fourth-order valence-electron chi connectivity index (χ4n) is 0.761. The second-order valence-electron chi connectivity index (χ2n) is 2.37. The van der Waals surface area contributed by atoms with Crippen LogP contribution in [0.2, 0.25) is 6.04 Å². The van der Waals surface area contributed by atoms with Gasteiger partial charge >= 0.3 is 11.9 Å². The molecule has 0 unspecified atom stereocenters. The number of carbonyl (C=O) groups is 2. The average Bonchev–Trinajstić information content (AvgIpc) is 1.87. The van der Waals surface area contributed by atoms with Crippen LogP contribution in [0.1, 0.15) is 12.8 Å². The molecule has 11 heavy (non-hydrogen) atoms. The van der Waals surface area contributed by atoms with E-state index in [9.17, 15) is 9.59 Å². The molecule has 0 radical (unpaired) electrons. The van der Waals surface area contributed by atoms with E-state index in [4.69, 9.17) is 10.2 Å². The van der Waals surface area contributed by atoms with Gasteiger partial charge in [0.2, 0.25) is 0 Å². The van der Waals surface area contributed by atoms with Gasteiger partial charge in [0.25, 0.3) is 0 Å². The summed E-state index contributed by atoms with van der Waals surface area (Å²) >= 11 is 0. The maximum atomic E-state index is 10.3. The lowest BCUT2D eigenvalue weighted by atomic mass is 10.1. The summed E-state index contributed by atoms with van der Waals surface area (Å²) in [6.07, 6.45) is 0.962. The zero-order valence-corrected chi connectivity index (χ0v) is 8.41. The van der Waals surface area contributed by atoms with E-state index in [1.54, 1.807) is 0 Å². The number of carboxylic acids is 2. The van der Waals surface area contributed by atoms with Gasteiger partial charge in [0.15, 0.2) is 5.92 Å². The largest absolute Gasteiger partial charge is 0.481 e. The van der Waals surface area contributed by atoms with Gasteiger partial charge in [0.05, 0.1) is 0 Å². The maximum absolute atomic E-state index is 10.3. The first-order valence-corrected chi connectivity index (χ1v) is 4.96. The third-order valence-corrected chi connectivity index (χ3v) is 2.15. The molecule has 0 aromatic carbocycles. The molecule has 0 aromatic heterocycles. The Bertz CT molecular complexity index is 143. The third kappa shape index (κ3) is 3.77. The van der Waals surface area contributed by atoms with Crippen molar-refractivity contribution in [1.29, 1.82) is 0 Å². The van der Waals surface area contributed by atoms with E-state index in [2.05, 4.69) is 0 Å². The van der Waals surface area contributed by atoms with Crippen molar-refractivity contribution in [3.8, 4) is 0 Å². The molecular weight excluding hydrogens is 164 g/mol. The number of rotatable bonds is 5. The standard InChI is InChI=1S/C6H12O4Si/c7-5(8)4(6(9)10)2-1-3-11/h4H,1-3H2,11H3,(H,7,8)(H,9,10). The Hall–Kier alpha value is -0.843. The number of aliphatic carboxylic acids is 2. The highest BCUT2D eigenvalue weighted by Crippen LogP contribution is 2.08. The molecule has 64 valence electrons. The Kier molecular flexibility index (Phi) is 4.52. The number of hydrogen-bond donors (Lipinski definition) is 2. The zero-order chi connectivity index (χ0) is 8.85. The summed E-state index contributed by atoms with van der Waals surface area (Å²) in [5.41, 5.74) is 0. The minimum absolute atomic E-state index is 0.258. The van der Waals surface area contributed by atoms with Crippen LogP contribution in [0.3, 0.4) is 0 Å². The summed E-state index contributed by atoms with van der Waals surface area (Å²) in [5, 5.41) is 16.8. The van der Waals surface area contributed by atoms with Crippen LogP contribution in [0.4, 0.5) is 0 Å². The molecule has 5 heteroatoms. The minimum Gasteiger partial charge on any atom is -0.481 e. The van der Waals surface area contributed by atoms with Crippen molar-refractivity contribution in [3.05, 3.63) is 0 Å². The van der Waals surface area contributed by atoms with Gasteiger partial charge in [0, 0.05) is 10.2 Å². The molecule has 0 aliphatic rings. The van der Waals surface area contributed by atoms with Gasteiger partial charge in [-0.25, -0.2) is 0 Å². The monoisotopic (exact) mass is 176 g/mol. The predicted octanol–water partition coefficient (Wildman–Crippen LogP) is -0.664. The van der Waals surface area contributed by atoms with Gasteiger partial charge in [0.1, 0.15) is 0 Å². The smallest absolute Gasteiger partial charge is 0.317 e. The summed E-state index contributed by atoms with van der Waals surface area (Å²) in [6, 6.07) is 0.955. The Labute approximate surface area is 67.6 Å². The highest BCUT2D eigenvalue weighted by molar-refractivity contribution is 6.08. The van der Waals surface area contributed by atoms with Gasteiger partial charge in [-0.05, 0) is 6.42 Å². The molecule has 0 rings (SSSR count). The Balaban J connectivity index is 3.90. The van der Waals surface area contributed by atoms with E-state index in [1.165, 1.54) is 0 Å². The normalized spacial score (nSPS) is 10.3. The summed E-state index contributed by atoms with van der Waals surface area (Å²) < 4.78 is 0. The van der Waals surface area contributed by atoms with E-state index in [1.807, 2.05) is 0 Å². The fraction of sp³-hybridized carbons (Fsp3) is 0.667. The molecule has 0 aromatic rings. The van der Waals surface area contributed by atoms with Crippen LogP contribution in [0.5, 0.6) is 0 Å². The first kappa shape index (κ1) is 10.2. The summed E-state index contributed by atoms with van der Waals surface area (Å²) in [7, 11) is 1.00. The lowest BCUT2D eigenvalue weighted by molar-refractivity contribution is -0.154. The van der Waals surface area contributed by atoms with Crippen molar-refractivity contribution < 1.29 is 19.8 Å². The average molecular weight is 176 g/mol. The first-order valence-electron chi connectivity index (χ1n) is 3.55. The molecule has 0 saturated carbocycles. The molecule has 2 N–H and O–H groups in total. The molecule has 0 atom stereocenters. The second kappa shape index (κ2) is 4.89. The molecule has 0 aliphatic carbocycles.